The molecule has 4 nitrogen and oxygen atoms in total. The monoisotopic (exact) mass is 172 g/mol. The Morgan fingerprint density at radius 1 is 1.75 bits per heavy atom. The fraction of sp³-hybridized carbons (Fsp3) is 0.875. The Balaban J connectivity index is 1.98. The van der Waals surface area contributed by atoms with Gasteiger partial charge in [0.25, 0.3) is 0 Å². The van der Waals surface area contributed by atoms with Crippen molar-refractivity contribution in [2.24, 2.45) is 5.73 Å². The first-order valence-electron chi connectivity index (χ1n) is 4.37. The molecule has 1 saturated heterocycles. The summed E-state index contributed by atoms with van der Waals surface area (Å²) < 4.78 is 5.15. The van der Waals surface area contributed by atoms with Crippen LogP contribution in [0, 0.1) is 0 Å². The molecule has 1 rings (SSSR count). The molecule has 1 unspecified atom stereocenters. The van der Waals surface area contributed by atoms with E-state index in [0.29, 0.717) is 6.54 Å². The number of carbonyl (C=O) groups excluding carboxylic acids is 1. The molecule has 0 aromatic heterocycles. The van der Waals surface area contributed by atoms with Gasteiger partial charge in [-0.2, -0.15) is 0 Å². The number of β-lactam (4-membered cyclic amide) rings is 1. The van der Waals surface area contributed by atoms with Crippen LogP contribution in [0.4, 0.5) is 0 Å². The molecule has 0 spiro atoms. The minimum atomic E-state index is -0.239. The molecule has 1 amide bonds. The summed E-state index contributed by atoms with van der Waals surface area (Å²) in [6, 6.07) is -0.239. The van der Waals surface area contributed by atoms with Gasteiger partial charge in [0.15, 0.2) is 0 Å². The minimum absolute atomic E-state index is 0.0755. The maximum atomic E-state index is 11.0. The minimum Gasteiger partial charge on any atom is -0.382 e. The lowest BCUT2D eigenvalue weighted by Gasteiger charge is -2.36. The molecule has 70 valence electrons. The zero-order valence-corrected chi connectivity index (χ0v) is 7.45. The van der Waals surface area contributed by atoms with Crippen molar-refractivity contribution >= 4 is 5.91 Å². The molecule has 1 aliphatic rings. The van der Waals surface area contributed by atoms with E-state index in [2.05, 4.69) is 0 Å². The van der Waals surface area contributed by atoms with Crippen LogP contribution in [0.5, 0.6) is 0 Å². The molecule has 0 aromatic rings. The lowest BCUT2D eigenvalue weighted by atomic mass is 10.1. The van der Waals surface area contributed by atoms with E-state index in [1.807, 2.05) is 6.92 Å². The predicted octanol–water partition coefficient (Wildman–Crippen LogP) is -0.417. The molecule has 0 saturated carbocycles. The van der Waals surface area contributed by atoms with Gasteiger partial charge in [0, 0.05) is 26.3 Å². The van der Waals surface area contributed by atoms with Crippen molar-refractivity contribution in [1.29, 1.82) is 0 Å². The lowest BCUT2D eigenvalue weighted by Crippen LogP contribution is -2.61. The zero-order valence-electron chi connectivity index (χ0n) is 7.45. The van der Waals surface area contributed by atoms with Crippen LogP contribution >= 0.6 is 0 Å². The molecule has 0 radical (unpaired) electrons. The van der Waals surface area contributed by atoms with E-state index in [1.54, 1.807) is 4.90 Å². The summed E-state index contributed by atoms with van der Waals surface area (Å²) in [5, 5.41) is 0. The fourth-order valence-electron chi connectivity index (χ4n) is 1.23. The Labute approximate surface area is 72.7 Å². The number of rotatable bonds is 5. The van der Waals surface area contributed by atoms with Gasteiger partial charge in [-0.05, 0) is 13.3 Å². The van der Waals surface area contributed by atoms with E-state index in [-0.39, 0.29) is 11.9 Å². The molecule has 12 heavy (non-hydrogen) atoms. The maximum Gasteiger partial charge on any atom is 0.241 e. The Bertz CT molecular complexity index is 161. The van der Waals surface area contributed by atoms with Crippen molar-refractivity contribution < 1.29 is 9.53 Å². The summed E-state index contributed by atoms with van der Waals surface area (Å²) in [5.74, 6) is 0.0755. The molecule has 0 aliphatic carbocycles. The van der Waals surface area contributed by atoms with E-state index in [0.717, 1.165) is 26.2 Å². The summed E-state index contributed by atoms with van der Waals surface area (Å²) in [5.41, 5.74) is 5.42. The van der Waals surface area contributed by atoms with E-state index in [9.17, 15) is 4.79 Å². The second kappa shape index (κ2) is 4.42. The maximum absolute atomic E-state index is 11.0. The summed E-state index contributed by atoms with van der Waals surface area (Å²) in [4.78, 5) is 12.8. The SMILES string of the molecule is CCOCCCN1CC(N)C1=O. The van der Waals surface area contributed by atoms with Crippen molar-refractivity contribution in [1.82, 2.24) is 4.90 Å². The molecule has 1 fully saturated rings. The number of ether oxygens (including phenoxy) is 1. The third-order valence-electron chi connectivity index (χ3n) is 1.97. The standard InChI is InChI=1S/C8H16N2O2/c1-2-12-5-3-4-10-6-7(9)8(10)11/h7H,2-6,9H2,1H3. The van der Waals surface area contributed by atoms with Gasteiger partial charge in [-0.15, -0.1) is 0 Å². The Kier molecular flexibility index (Phi) is 3.49. The highest BCUT2D eigenvalue weighted by Crippen LogP contribution is 2.07. The lowest BCUT2D eigenvalue weighted by molar-refractivity contribution is -0.142. The number of nitrogens with zero attached hydrogens (tertiary/aromatic N) is 1. The molecule has 1 aliphatic heterocycles. The fourth-order valence-corrected chi connectivity index (χ4v) is 1.23. The van der Waals surface area contributed by atoms with Gasteiger partial charge in [0.1, 0.15) is 6.04 Å². The Hall–Kier alpha value is -0.610. The van der Waals surface area contributed by atoms with Gasteiger partial charge in [0.2, 0.25) is 5.91 Å². The molecule has 2 N–H and O–H groups in total. The normalized spacial score (nSPS) is 22.7. The highest BCUT2D eigenvalue weighted by atomic mass is 16.5. The van der Waals surface area contributed by atoms with Gasteiger partial charge >= 0.3 is 0 Å². The Morgan fingerprint density at radius 3 is 3.00 bits per heavy atom. The highest BCUT2D eigenvalue weighted by molar-refractivity contribution is 5.87. The number of hydrogen-bond acceptors (Lipinski definition) is 3. The first-order chi connectivity index (χ1) is 5.75. The molecular formula is C8H16N2O2. The van der Waals surface area contributed by atoms with Crippen LogP contribution in [0.2, 0.25) is 0 Å². The largest absolute Gasteiger partial charge is 0.382 e. The van der Waals surface area contributed by atoms with E-state index in [1.165, 1.54) is 0 Å². The van der Waals surface area contributed by atoms with Gasteiger partial charge in [0.05, 0.1) is 0 Å². The van der Waals surface area contributed by atoms with Crippen LogP contribution in [-0.2, 0) is 9.53 Å². The first-order valence-corrected chi connectivity index (χ1v) is 4.37. The first kappa shape index (κ1) is 9.48. The molecule has 1 atom stereocenters. The van der Waals surface area contributed by atoms with Gasteiger partial charge in [-0.1, -0.05) is 0 Å². The zero-order chi connectivity index (χ0) is 8.97. The molecular weight excluding hydrogens is 156 g/mol. The summed E-state index contributed by atoms with van der Waals surface area (Å²) in [7, 11) is 0. The average molecular weight is 172 g/mol. The number of amides is 1. The van der Waals surface area contributed by atoms with Crippen molar-refractivity contribution in [2.45, 2.75) is 19.4 Å². The quantitative estimate of drug-likeness (QED) is 0.453. The number of carbonyl (C=O) groups is 1. The number of hydrogen-bond donors (Lipinski definition) is 1. The van der Waals surface area contributed by atoms with Crippen molar-refractivity contribution in [3.63, 3.8) is 0 Å². The third kappa shape index (κ3) is 2.19. The van der Waals surface area contributed by atoms with E-state index >= 15 is 0 Å². The van der Waals surface area contributed by atoms with Crippen molar-refractivity contribution in [3.05, 3.63) is 0 Å². The smallest absolute Gasteiger partial charge is 0.241 e. The Morgan fingerprint density at radius 2 is 2.50 bits per heavy atom. The van der Waals surface area contributed by atoms with Gasteiger partial charge in [-0.25, -0.2) is 0 Å². The predicted molar refractivity (Wildman–Crippen MR) is 45.7 cm³/mol. The van der Waals surface area contributed by atoms with Crippen LogP contribution in [0.3, 0.4) is 0 Å². The summed E-state index contributed by atoms with van der Waals surface area (Å²) >= 11 is 0. The summed E-state index contributed by atoms with van der Waals surface area (Å²) in [6.45, 7) is 4.94. The van der Waals surface area contributed by atoms with E-state index < -0.39 is 0 Å². The van der Waals surface area contributed by atoms with E-state index in [4.69, 9.17) is 10.5 Å². The van der Waals surface area contributed by atoms with Crippen LogP contribution in [0.1, 0.15) is 13.3 Å². The molecule has 4 heteroatoms. The van der Waals surface area contributed by atoms with Gasteiger partial charge in [-0.3, -0.25) is 4.79 Å². The molecule has 0 bridgehead atoms. The van der Waals surface area contributed by atoms with Gasteiger partial charge < -0.3 is 15.4 Å². The second-order valence-electron chi connectivity index (χ2n) is 2.94. The second-order valence-corrected chi connectivity index (χ2v) is 2.94. The van der Waals surface area contributed by atoms with Crippen LogP contribution < -0.4 is 5.73 Å². The molecule has 0 aromatic carbocycles. The summed E-state index contributed by atoms with van der Waals surface area (Å²) in [6.07, 6.45) is 0.909. The van der Waals surface area contributed by atoms with Crippen molar-refractivity contribution in [2.75, 3.05) is 26.3 Å². The van der Waals surface area contributed by atoms with Crippen LogP contribution in [0.15, 0.2) is 0 Å². The highest BCUT2D eigenvalue weighted by Gasteiger charge is 2.32. The van der Waals surface area contributed by atoms with Crippen LogP contribution in [-0.4, -0.2) is 43.2 Å². The number of nitrogens with two attached hydrogens (primary N) is 1. The average Bonchev–Trinajstić information content (AvgIpc) is 2.10. The third-order valence-corrected chi connectivity index (χ3v) is 1.97. The molecule has 1 heterocycles. The topological polar surface area (TPSA) is 55.6 Å². The van der Waals surface area contributed by atoms with Crippen molar-refractivity contribution in [3.8, 4) is 0 Å². The number of likely N-dealkylation sites (tertiary alicyclic amines) is 1. The van der Waals surface area contributed by atoms with Crippen LogP contribution in [0.25, 0.3) is 0 Å².